The predicted molar refractivity (Wildman–Crippen MR) is 94.4 cm³/mol. The first-order valence-corrected chi connectivity index (χ1v) is 8.12. The van der Waals surface area contributed by atoms with Crippen LogP contribution in [0.2, 0.25) is 0 Å². The normalized spacial score (nSPS) is 16.3. The number of hydrogen-bond acceptors (Lipinski definition) is 6. The summed E-state index contributed by atoms with van der Waals surface area (Å²) in [5.74, 6) is -0.292. The zero-order valence-electron chi connectivity index (χ0n) is 13.9. The first-order chi connectivity index (χ1) is 12.6. The van der Waals surface area contributed by atoms with Crippen LogP contribution < -0.4 is 20.9 Å². The van der Waals surface area contributed by atoms with Gasteiger partial charge in [-0.3, -0.25) is 9.59 Å². The SMILES string of the molecule is O=C(CC1NC(=O)N(c2ccccc2)C1=O)NCCNc1ncccn1. The summed E-state index contributed by atoms with van der Waals surface area (Å²) in [5.41, 5.74) is 0.477. The lowest BCUT2D eigenvalue weighted by molar-refractivity contribution is -0.125. The Balaban J connectivity index is 1.46. The number of carbonyl (C=O) groups excluding carboxylic acids is 3. The summed E-state index contributed by atoms with van der Waals surface area (Å²) in [7, 11) is 0. The highest BCUT2D eigenvalue weighted by Gasteiger charge is 2.39. The summed E-state index contributed by atoms with van der Waals surface area (Å²) < 4.78 is 0. The molecule has 0 radical (unpaired) electrons. The fraction of sp³-hybridized carbons (Fsp3) is 0.235. The van der Waals surface area contributed by atoms with Crippen LogP contribution in [0, 0.1) is 0 Å². The second-order valence-corrected chi connectivity index (χ2v) is 5.56. The highest BCUT2D eigenvalue weighted by Crippen LogP contribution is 2.19. The van der Waals surface area contributed by atoms with Crippen molar-refractivity contribution in [3.8, 4) is 0 Å². The van der Waals surface area contributed by atoms with E-state index in [1.165, 1.54) is 0 Å². The lowest BCUT2D eigenvalue weighted by Crippen LogP contribution is -2.38. The van der Waals surface area contributed by atoms with Gasteiger partial charge in [0.05, 0.1) is 12.1 Å². The summed E-state index contributed by atoms with van der Waals surface area (Å²) in [4.78, 5) is 45.5. The van der Waals surface area contributed by atoms with Gasteiger partial charge in [-0.15, -0.1) is 0 Å². The number of imide groups is 1. The van der Waals surface area contributed by atoms with Gasteiger partial charge in [0.25, 0.3) is 5.91 Å². The van der Waals surface area contributed by atoms with Gasteiger partial charge in [-0.05, 0) is 18.2 Å². The van der Waals surface area contributed by atoms with Gasteiger partial charge >= 0.3 is 6.03 Å². The van der Waals surface area contributed by atoms with Crippen molar-refractivity contribution < 1.29 is 14.4 Å². The van der Waals surface area contributed by atoms with Gasteiger partial charge in [-0.1, -0.05) is 18.2 Å². The molecule has 0 saturated carbocycles. The molecule has 0 spiro atoms. The van der Waals surface area contributed by atoms with E-state index in [1.807, 2.05) is 0 Å². The Hall–Kier alpha value is -3.49. The van der Waals surface area contributed by atoms with Crippen LogP contribution in [0.3, 0.4) is 0 Å². The second kappa shape index (κ2) is 8.06. The molecule has 1 unspecified atom stereocenters. The predicted octanol–water partition coefficient (Wildman–Crippen LogP) is 0.520. The van der Waals surface area contributed by atoms with E-state index in [9.17, 15) is 14.4 Å². The molecule has 26 heavy (non-hydrogen) atoms. The van der Waals surface area contributed by atoms with E-state index in [0.29, 0.717) is 24.7 Å². The molecule has 9 heteroatoms. The van der Waals surface area contributed by atoms with E-state index in [4.69, 9.17) is 0 Å². The highest BCUT2D eigenvalue weighted by atomic mass is 16.2. The molecule has 4 amide bonds. The average Bonchev–Trinajstić information content (AvgIpc) is 2.93. The Bertz CT molecular complexity index is 784. The van der Waals surface area contributed by atoms with E-state index in [0.717, 1.165) is 4.90 Å². The lowest BCUT2D eigenvalue weighted by Gasteiger charge is -2.12. The van der Waals surface area contributed by atoms with Crippen LogP contribution in [0.5, 0.6) is 0 Å². The highest BCUT2D eigenvalue weighted by molar-refractivity contribution is 6.22. The van der Waals surface area contributed by atoms with Crippen molar-refractivity contribution in [2.45, 2.75) is 12.5 Å². The molecule has 3 N–H and O–H groups in total. The molecule has 9 nitrogen and oxygen atoms in total. The molecule has 1 fully saturated rings. The number of amides is 4. The topological polar surface area (TPSA) is 116 Å². The third-order valence-corrected chi connectivity index (χ3v) is 3.72. The number of urea groups is 1. The lowest BCUT2D eigenvalue weighted by atomic mass is 10.2. The van der Waals surface area contributed by atoms with Crippen LogP contribution in [-0.4, -0.2) is 46.9 Å². The van der Waals surface area contributed by atoms with Crippen LogP contribution in [0.1, 0.15) is 6.42 Å². The Morgan fingerprint density at radius 3 is 2.54 bits per heavy atom. The van der Waals surface area contributed by atoms with Crippen LogP contribution in [0.25, 0.3) is 0 Å². The molecule has 1 atom stereocenters. The fourth-order valence-corrected chi connectivity index (χ4v) is 2.52. The van der Waals surface area contributed by atoms with Gasteiger partial charge in [0.2, 0.25) is 11.9 Å². The molecule has 0 aliphatic carbocycles. The molecule has 1 aromatic carbocycles. The largest absolute Gasteiger partial charge is 0.354 e. The molecule has 1 aliphatic heterocycles. The van der Waals surface area contributed by atoms with E-state index in [-0.39, 0.29) is 12.3 Å². The minimum Gasteiger partial charge on any atom is -0.354 e. The van der Waals surface area contributed by atoms with Crippen molar-refractivity contribution in [3.05, 3.63) is 48.8 Å². The second-order valence-electron chi connectivity index (χ2n) is 5.56. The van der Waals surface area contributed by atoms with Crippen LogP contribution >= 0.6 is 0 Å². The van der Waals surface area contributed by atoms with Gasteiger partial charge < -0.3 is 16.0 Å². The first kappa shape index (κ1) is 17.3. The summed E-state index contributed by atoms with van der Waals surface area (Å²) in [6.07, 6.45) is 3.11. The van der Waals surface area contributed by atoms with Crippen molar-refractivity contribution in [1.29, 1.82) is 0 Å². The van der Waals surface area contributed by atoms with Gasteiger partial charge in [-0.2, -0.15) is 0 Å². The number of nitrogens with zero attached hydrogens (tertiary/aromatic N) is 3. The van der Waals surface area contributed by atoms with Crippen molar-refractivity contribution in [2.24, 2.45) is 0 Å². The molecule has 2 heterocycles. The minimum absolute atomic E-state index is 0.115. The van der Waals surface area contributed by atoms with Crippen LogP contribution in [0.4, 0.5) is 16.4 Å². The number of hydrogen-bond donors (Lipinski definition) is 3. The number of carbonyl (C=O) groups is 3. The molecule has 1 saturated heterocycles. The number of aromatic nitrogens is 2. The zero-order valence-corrected chi connectivity index (χ0v) is 13.9. The minimum atomic E-state index is -0.867. The number of para-hydroxylation sites is 1. The van der Waals surface area contributed by atoms with Crippen molar-refractivity contribution in [2.75, 3.05) is 23.3 Å². The maximum absolute atomic E-state index is 12.4. The standard InChI is InChI=1S/C17H18N6O3/c24-14(18-9-10-21-16-19-7-4-8-20-16)11-13-15(25)23(17(26)22-13)12-5-2-1-3-6-12/h1-8,13H,9-11H2,(H,18,24)(H,22,26)(H,19,20,21). The molecule has 2 aromatic rings. The summed E-state index contributed by atoms with van der Waals surface area (Å²) in [6.45, 7) is 0.783. The number of rotatable bonds is 7. The van der Waals surface area contributed by atoms with Crippen LogP contribution in [0.15, 0.2) is 48.8 Å². The number of nitrogens with one attached hydrogen (secondary N) is 3. The molecular weight excluding hydrogens is 336 g/mol. The third-order valence-electron chi connectivity index (χ3n) is 3.72. The Morgan fingerprint density at radius 1 is 1.08 bits per heavy atom. The van der Waals surface area contributed by atoms with Gasteiger partial charge in [0.15, 0.2) is 0 Å². The summed E-state index contributed by atoms with van der Waals surface area (Å²) in [6, 6.07) is 8.91. The zero-order chi connectivity index (χ0) is 18.4. The molecule has 134 valence electrons. The Kier molecular flexibility index (Phi) is 5.37. The van der Waals surface area contributed by atoms with Crippen molar-refractivity contribution in [1.82, 2.24) is 20.6 Å². The maximum Gasteiger partial charge on any atom is 0.329 e. The number of anilines is 2. The maximum atomic E-state index is 12.4. The smallest absolute Gasteiger partial charge is 0.329 e. The number of benzene rings is 1. The van der Waals surface area contributed by atoms with Gasteiger partial charge in [0, 0.05) is 25.5 Å². The summed E-state index contributed by atoms with van der Waals surface area (Å²) in [5, 5.41) is 8.19. The Labute approximate surface area is 149 Å². The van der Waals surface area contributed by atoms with Gasteiger partial charge in [-0.25, -0.2) is 19.7 Å². The molecule has 1 aromatic heterocycles. The third kappa shape index (κ3) is 4.12. The van der Waals surface area contributed by atoms with Crippen molar-refractivity contribution in [3.63, 3.8) is 0 Å². The monoisotopic (exact) mass is 354 g/mol. The molecule has 3 rings (SSSR count). The Morgan fingerprint density at radius 2 is 1.81 bits per heavy atom. The van der Waals surface area contributed by atoms with Crippen LogP contribution in [-0.2, 0) is 9.59 Å². The van der Waals surface area contributed by atoms with Gasteiger partial charge in [0.1, 0.15) is 6.04 Å². The van der Waals surface area contributed by atoms with E-state index < -0.39 is 18.0 Å². The van der Waals surface area contributed by atoms with E-state index in [1.54, 1.807) is 48.8 Å². The molecule has 1 aliphatic rings. The van der Waals surface area contributed by atoms with E-state index in [2.05, 4.69) is 25.9 Å². The first-order valence-electron chi connectivity index (χ1n) is 8.12. The average molecular weight is 354 g/mol. The summed E-state index contributed by atoms with van der Waals surface area (Å²) >= 11 is 0. The molecular formula is C17H18N6O3. The fourth-order valence-electron chi connectivity index (χ4n) is 2.52. The molecule has 0 bridgehead atoms. The van der Waals surface area contributed by atoms with E-state index >= 15 is 0 Å². The van der Waals surface area contributed by atoms with Crippen molar-refractivity contribution >= 4 is 29.5 Å². The quantitative estimate of drug-likeness (QED) is 0.493.